The predicted octanol–water partition coefficient (Wildman–Crippen LogP) is 2.56. The van der Waals surface area contributed by atoms with Crippen LogP contribution in [0.1, 0.15) is 19.8 Å². The molecule has 0 saturated heterocycles. The second-order valence-electron chi connectivity index (χ2n) is 4.42. The maximum atomic E-state index is 11.4. The highest BCUT2D eigenvalue weighted by molar-refractivity contribution is 5.80. The Morgan fingerprint density at radius 2 is 2.00 bits per heavy atom. The molecule has 0 radical (unpaired) electrons. The van der Waals surface area contributed by atoms with Gasteiger partial charge in [-0.1, -0.05) is 25.1 Å². The fourth-order valence-electron chi connectivity index (χ4n) is 1.82. The summed E-state index contributed by atoms with van der Waals surface area (Å²) in [6, 6.07) is 11.9. The first-order valence-electron chi connectivity index (χ1n) is 6.66. The van der Waals surface area contributed by atoms with E-state index in [1.54, 1.807) is 0 Å². The number of nitrogens with zero attached hydrogens (tertiary/aromatic N) is 1. The van der Waals surface area contributed by atoms with E-state index in [1.165, 1.54) is 0 Å². The van der Waals surface area contributed by atoms with E-state index < -0.39 is 0 Å². The van der Waals surface area contributed by atoms with Crippen LogP contribution >= 0.6 is 0 Å². The van der Waals surface area contributed by atoms with E-state index in [4.69, 9.17) is 0 Å². The maximum absolute atomic E-state index is 11.4. The molecule has 1 aromatic heterocycles. The largest absolute Gasteiger partial charge is 0.370 e. The number of amides is 1. The molecule has 100 valence electrons. The Hall–Kier alpha value is -2.10. The molecule has 19 heavy (non-hydrogen) atoms. The van der Waals surface area contributed by atoms with Gasteiger partial charge in [-0.15, -0.1) is 0 Å². The molecule has 0 spiro atoms. The average Bonchev–Trinajstić information content (AvgIpc) is 2.45. The Balaban J connectivity index is 1.86. The topological polar surface area (TPSA) is 54.0 Å². The molecule has 0 bridgehead atoms. The molecule has 1 aromatic carbocycles. The van der Waals surface area contributed by atoms with E-state index in [2.05, 4.69) is 15.6 Å². The first-order valence-corrected chi connectivity index (χ1v) is 6.66. The van der Waals surface area contributed by atoms with Crippen molar-refractivity contribution in [2.45, 2.75) is 19.8 Å². The summed E-state index contributed by atoms with van der Waals surface area (Å²) < 4.78 is 0. The number of nitrogens with one attached hydrogen (secondary N) is 2. The summed E-state index contributed by atoms with van der Waals surface area (Å²) in [4.78, 5) is 15.9. The van der Waals surface area contributed by atoms with Crippen LogP contribution in [0.4, 0.5) is 5.82 Å². The summed E-state index contributed by atoms with van der Waals surface area (Å²) in [7, 11) is 0. The second kappa shape index (κ2) is 6.73. The van der Waals surface area contributed by atoms with Gasteiger partial charge in [0.25, 0.3) is 0 Å². The lowest BCUT2D eigenvalue weighted by Gasteiger charge is -2.07. The number of benzene rings is 1. The zero-order valence-corrected chi connectivity index (χ0v) is 11.1. The van der Waals surface area contributed by atoms with Crippen LogP contribution in [0.2, 0.25) is 0 Å². The van der Waals surface area contributed by atoms with E-state index in [9.17, 15) is 4.79 Å². The number of anilines is 1. The number of fused-ring (bicyclic) bond motifs is 1. The zero-order chi connectivity index (χ0) is 13.5. The Morgan fingerprint density at radius 1 is 1.16 bits per heavy atom. The van der Waals surface area contributed by atoms with Crippen LogP contribution in [-0.2, 0) is 4.79 Å². The van der Waals surface area contributed by atoms with E-state index in [0.717, 1.165) is 29.7 Å². The van der Waals surface area contributed by atoms with Gasteiger partial charge < -0.3 is 10.6 Å². The summed E-state index contributed by atoms with van der Waals surface area (Å²) in [5.74, 6) is 0.886. The Morgan fingerprint density at radius 3 is 2.84 bits per heavy atom. The van der Waals surface area contributed by atoms with Crippen LogP contribution in [0.25, 0.3) is 10.9 Å². The molecule has 1 heterocycles. The number of aromatic nitrogens is 1. The third-order valence-electron chi connectivity index (χ3n) is 2.83. The van der Waals surface area contributed by atoms with Crippen molar-refractivity contribution in [1.29, 1.82) is 0 Å². The van der Waals surface area contributed by atoms with Gasteiger partial charge in [-0.05, 0) is 24.6 Å². The molecule has 0 atom stereocenters. The Kier molecular flexibility index (Phi) is 4.72. The monoisotopic (exact) mass is 257 g/mol. The number of para-hydroxylation sites is 1. The number of carbonyl (C=O) groups is 1. The van der Waals surface area contributed by atoms with Gasteiger partial charge in [-0.25, -0.2) is 4.98 Å². The summed E-state index contributed by atoms with van der Waals surface area (Å²) in [5, 5.41) is 7.14. The van der Waals surface area contributed by atoms with Crippen molar-refractivity contribution < 1.29 is 4.79 Å². The maximum Gasteiger partial charge on any atom is 0.221 e. The Bertz CT molecular complexity index is 554. The number of pyridine rings is 1. The van der Waals surface area contributed by atoms with Crippen molar-refractivity contribution in [3.05, 3.63) is 36.4 Å². The van der Waals surface area contributed by atoms with Gasteiger partial charge in [0.05, 0.1) is 5.52 Å². The quantitative estimate of drug-likeness (QED) is 0.836. The molecular formula is C15H19N3O. The zero-order valence-electron chi connectivity index (χ0n) is 11.1. The van der Waals surface area contributed by atoms with E-state index in [1.807, 2.05) is 43.3 Å². The molecule has 2 N–H and O–H groups in total. The van der Waals surface area contributed by atoms with E-state index in [-0.39, 0.29) is 5.91 Å². The molecule has 1 amide bonds. The van der Waals surface area contributed by atoms with E-state index >= 15 is 0 Å². The highest BCUT2D eigenvalue weighted by atomic mass is 16.1. The van der Waals surface area contributed by atoms with Crippen molar-refractivity contribution in [2.75, 3.05) is 18.4 Å². The number of rotatable bonds is 6. The van der Waals surface area contributed by atoms with Crippen LogP contribution in [0.15, 0.2) is 36.4 Å². The lowest BCUT2D eigenvalue weighted by Crippen LogP contribution is -2.25. The van der Waals surface area contributed by atoms with Gasteiger partial charge in [0, 0.05) is 24.9 Å². The normalized spacial score (nSPS) is 10.4. The van der Waals surface area contributed by atoms with Crippen molar-refractivity contribution in [1.82, 2.24) is 10.3 Å². The molecule has 0 aliphatic carbocycles. The summed E-state index contributed by atoms with van der Waals surface area (Å²) in [6.45, 7) is 3.38. The first kappa shape index (κ1) is 13.3. The minimum atomic E-state index is 0.0788. The standard InChI is InChI=1S/C15H19N3O/c1-2-10-17-15(19)9-11-16-14-8-7-12-5-3-4-6-13(12)18-14/h3-8H,2,9-11H2,1H3,(H,16,18)(H,17,19). The van der Waals surface area contributed by atoms with Crippen molar-refractivity contribution in [3.8, 4) is 0 Å². The summed E-state index contributed by atoms with van der Waals surface area (Å²) >= 11 is 0. The fourth-order valence-corrected chi connectivity index (χ4v) is 1.82. The van der Waals surface area contributed by atoms with Gasteiger partial charge in [0.15, 0.2) is 0 Å². The highest BCUT2D eigenvalue weighted by Crippen LogP contribution is 2.14. The molecule has 4 heteroatoms. The molecule has 0 unspecified atom stereocenters. The summed E-state index contributed by atoms with van der Waals surface area (Å²) in [6.07, 6.45) is 1.43. The third-order valence-corrected chi connectivity index (χ3v) is 2.83. The first-order chi connectivity index (χ1) is 9.29. The number of hydrogen-bond donors (Lipinski definition) is 2. The van der Waals surface area contributed by atoms with Crippen molar-refractivity contribution >= 4 is 22.6 Å². The van der Waals surface area contributed by atoms with Gasteiger partial charge in [0.2, 0.25) is 5.91 Å². The third kappa shape index (κ3) is 3.95. The second-order valence-corrected chi connectivity index (χ2v) is 4.42. The lowest BCUT2D eigenvalue weighted by molar-refractivity contribution is -0.120. The van der Waals surface area contributed by atoms with Crippen LogP contribution in [-0.4, -0.2) is 24.0 Å². The molecule has 0 saturated carbocycles. The van der Waals surface area contributed by atoms with Crippen molar-refractivity contribution in [3.63, 3.8) is 0 Å². The van der Waals surface area contributed by atoms with Gasteiger partial charge in [-0.3, -0.25) is 4.79 Å². The minimum absolute atomic E-state index is 0.0788. The molecular weight excluding hydrogens is 238 g/mol. The lowest BCUT2D eigenvalue weighted by atomic mass is 10.2. The molecule has 0 aliphatic heterocycles. The molecule has 0 aliphatic rings. The van der Waals surface area contributed by atoms with E-state index in [0.29, 0.717) is 13.0 Å². The van der Waals surface area contributed by atoms with Crippen molar-refractivity contribution in [2.24, 2.45) is 0 Å². The SMILES string of the molecule is CCCNC(=O)CCNc1ccc2ccccc2n1. The fraction of sp³-hybridized carbons (Fsp3) is 0.333. The smallest absolute Gasteiger partial charge is 0.221 e. The summed E-state index contributed by atoms with van der Waals surface area (Å²) in [5.41, 5.74) is 0.961. The van der Waals surface area contributed by atoms with Gasteiger partial charge >= 0.3 is 0 Å². The number of hydrogen-bond acceptors (Lipinski definition) is 3. The highest BCUT2D eigenvalue weighted by Gasteiger charge is 2.01. The predicted molar refractivity (Wildman–Crippen MR) is 78.2 cm³/mol. The van der Waals surface area contributed by atoms with Crippen LogP contribution in [0.3, 0.4) is 0 Å². The van der Waals surface area contributed by atoms with Crippen LogP contribution in [0.5, 0.6) is 0 Å². The molecule has 0 fully saturated rings. The minimum Gasteiger partial charge on any atom is -0.370 e. The molecule has 4 nitrogen and oxygen atoms in total. The van der Waals surface area contributed by atoms with Crippen LogP contribution < -0.4 is 10.6 Å². The molecule has 2 aromatic rings. The number of carbonyl (C=O) groups excluding carboxylic acids is 1. The van der Waals surface area contributed by atoms with Crippen LogP contribution in [0, 0.1) is 0 Å². The average molecular weight is 257 g/mol. The van der Waals surface area contributed by atoms with Gasteiger partial charge in [0.1, 0.15) is 5.82 Å². The Labute approximate surface area is 113 Å². The molecule has 2 rings (SSSR count). The van der Waals surface area contributed by atoms with Gasteiger partial charge in [-0.2, -0.15) is 0 Å².